The highest BCUT2D eigenvalue weighted by Crippen LogP contribution is 2.28. The smallest absolute Gasteiger partial charge is 0.414 e. The largest absolute Gasteiger partial charge is 0.447 e. The SMILES string of the molecule is O=C(Nc1ccccc1N1CCOC1=O)N1CCOCC(CO)C1. The summed E-state index contributed by atoms with van der Waals surface area (Å²) in [5.74, 6) is -0.0953. The number of cyclic esters (lactones) is 1. The van der Waals surface area contributed by atoms with E-state index in [4.69, 9.17) is 9.47 Å². The Morgan fingerprint density at radius 2 is 2.12 bits per heavy atom. The zero-order chi connectivity index (χ0) is 16.9. The van der Waals surface area contributed by atoms with Crippen LogP contribution in [-0.2, 0) is 9.47 Å². The number of aliphatic hydroxyl groups excluding tert-OH is 1. The van der Waals surface area contributed by atoms with E-state index in [9.17, 15) is 14.7 Å². The molecule has 2 aliphatic heterocycles. The summed E-state index contributed by atoms with van der Waals surface area (Å²) < 4.78 is 10.4. The number of carbonyl (C=O) groups excluding carboxylic acids is 2. The summed E-state index contributed by atoms with van der Waals surface area (Å²) in [6.45, 7) is 2.52. The van der Waals surface area contributed by atoms with Crippen molar-refractivity contribution in [3.8, 4) is 0 Å². The van der Waals surface area contributed by atoms with Gasteiger partial charge in [-0.15, -0.1) is 0 Å². The van der Waals surface area contributed by atoms with Gasteiger partial charge in [-0.2, -0.15) is 0 Å². The minimum absolute atomic E-state index is 0.0278. The van der Waals surface area contributed by atoms with Crippen LogP contribution in [0.3, 0.4) is 0 Å². The first-order valence-corrected chi connectivity index (χ1v) is 7.97. The molecule has 1 atom stereocenters. The summed E-state index contributed by atoms with van der Waals surface area (Å²) in [5, 5.41) is 12.2. The van der Waals surface area contributed by atoms with Crippen LogP contribution in [0.25, 0.3) is 0 Å². The molecule has 0 radical (unpaired) electrons. The number of hydrogen-bond acceptors (Lipinski definition) is 5. The van der Waals surface area contributed by atoms with Gasteiger partial charge in [0.15, 0.2) is 0 Å². The van der Waals surface area contributed by atoms with E-state index in [2.05, 4.69) is 5.32 Å². The van der Waals surface area contributed by atoms with Crippen LogP contribution in [0.5, 0.6) is 0 Å². The molecule has 3 amide bonds. The van der Waals surface area contributed by atoms with Gasteiger partial charge in [0, 0.05) is 25.6 Å². The number of nitrogens with one attached hydrogen (secondary N) is 1. The minimum atomic E-state index is -0.416. The highest BCUT2D eigenvalue weighted by Gasteiger charge is 2.27. The lowest BCUT2D eigenvalue weighted by Gasteiger charge is -2.24. The van der Waals surface area contributed by atoms with Crippen LogP contribution >= 0.6 is 0 Å². The lowest BCUT2D eigenvalue weighted by atomic mass is 10.1. The van der Waals surface area contributed by atoms with Crippen molar-refractivity contribution >= 4 is 23.5 Å². The van der Waals surface area contributed by atoms with Crippen molar-refractivity contribution in [1.29, 1.82) is 0 Å². The predicted molar refractivity (Wildman–Crippen MR) is 87.1 cm³/mol. The van der Waals surface area contributed by atoms with Crippen LogP contribution in [0, 0.1) is 5.92 Å². The van der Waals surface area contributed by atoms with Crippen molar-refractivity contribution in [2.24, 2.45) is 5.92 Å². The van der Waals surface area contributed by atoms with Gasteiger partial charge < -0.3 is 24.8 Å². The number of rotatable bonds is 3. The minimum Gasteiger partial charge on any atom is -0.447 e. The Morgan fingerprint density at radius 3 is 2.88 bits per heavy atom. The molecule has 130 valence electrons. The average molecular weight is 335 g/mol. The van der Waals surface area contributed by atoms with E-state index in [1.54, 1.807) is 29.2 Å². The molecule has 2 saturated heterocycles. The van der Waals surface area contributed by atoms with Gasteiger partial charge in [0.2, 0.25) is 0 Å². The number of ether oxygens (including phenoxy) is 2. The second-order valence-electron chi connectivity index (χ2n) is 5.78. The van der Waals surface area contributed by atoms with Crippen molar-refractivity contribution in [2.45, 2.75) is 0 Å². The molecule has 0 bridgehead atoms. The van der Waals surface area contributed by atoms with Gasteiger partial charge >= 0.3 is 12.1 Å². The molecule has 0 spiro atoms. The first-order valence-electron chi connectivity index (χ1n) is 7.97. The van der Waals surface area contributed by atoms with Gasteiger partial charge in [-0.05, 0) is 12.1 Å². The Balaban J connectivity index is 1.73. The maximum absolute atomic E-state index is 12.6. The average Bonchev–Trinajstić information content (AvgIpc) is 2.87. The van der Waals surface area contributed by atoms with Crippen LogP contribution in [-0.4, -0.2) is 68.2 Å². The van der Waals surface area contributed by atoms with Crippen molar-refractivity contribution in [1.82, 2.24) is 4.90 Å². The van der Waals surface area contributed by atoms with Crippen LogP contribution in [0.4, 0.5) is 21.0 Å². The summed E-state index contributed by atoms with van der Waals surface area (Å²) >= 11 is 0. The third kappa shape index (κ3) is 3.60. The normalized spacial score (nSPS) is 21.4. The van der Waals surface area contributed by atoms with E-state index >= 15 is 0 Å². The van der Waals surface area contributed by atoms with E-state index in [0.29, 0.717) is 50.8 Å². The predicted octanol–water partition coefficient (Wildman–Crippen LogP) is 1.12. The summed E-state index contributed by atoms with van der Waals surface area (Å²) in [6.07, 6.45) is -0.416. The molecule has 1 unspecified atom stereocenters. The molecule has 2 fully saturated rings. The molecule has 2 heterocycles. The quantitative estimate of drug-likeness (QED) is 0.864. The number of amides is 3. The second-order valence-corrected chi connectivity index (χ2v) is 5.78. The molecule has 8 heteroatoms. The third-order valence-electron chi connectivity index (χ3n) is 4.08. The molecule has 0 saturated carbocycles. The fraction of sp³-hybridized carbons (Fsp3) is 0.500. The Kier molecular flexibility index (Phi) is 5.17. The van der Waals surface area contributed by atoms with E-state index in [1.165, 1.54) is 4.90 Å². The Hall–Kier alpha value is -2.32. The molecular weight excluding hydrogens is 314 g/mol. The molecular formula is C16H21N3O5. The molecule has 3 rings (SSSR count). The zero-order valence-electron chi connectivity index (χ0n) is 13.3. The number of para-hydroxylation sites is 2. The molecule has 8 nitrogen and oxygen atoms in total. The van der Waals surface area contributed by atoms with Gasteiger partial charge in [-0.25, -0.2) is 9.59 Å². The van der Waals surface area contributed by atoms with E-state index in [0.717, 1.165) is 0 Å². The van der Waals surface area contributed by atoms with E-state index < -0.39 is 6.09 Å². The van der Waals surface area contributed by atoms with Gasteiger partial charge in [0.25, 0.3) is 0 Å². The first kappa shape index (κ1) is 16.5. The second kappa shape index (κ2) is 7.50. The monoisotopic (exact) mass is 335 g/mol. The van der Waals surface area contributed by atoms with Crippen molar-refractivity contribution in [2.75, 3.05) is 56.3 Å². The molecule has 2 aliphatic rings. The van der Waals surface area contributed by atoms with Gasteiger partial charge in [-0.1, -0.05) is 12.1 Å². The fourth-order valence-electron chi connectivity index (χ4n) is 2.80. The van der Waals surface area contributed by atoms with Gasteiger partial charge in [0.05, 0.1) is 31.1 Å². The maximum Gasteiger partial charge on any atom is 0.414 e. The number of urea groups is 1. The molecule has 1 aromatic carbocycles. The third-order valence-corrected chi connectivity index (χ3v) is 4.08. The fourth-order valence-corrected chi connectivity index (χ4v) is 2.80. The van der Waals surface area contributed by atoms with Crippen molar-refractivity contribution < 1.29 is 24.2 Å². The Morgan fingerprint density at radius 1 is 1.29 bits per heavy atom. The van der Waals surface area contributed by atoms with Crippen molar-refractivity contribution in [3.63, 3.8) is 0 Å². The van der Waals surface area contributed by atoms with Crippen LogP contribution in [0.15, 0.2) is 24.3 Å². The number of aliphatic hydroxyl groups is 1. The van der Waals surface area contributed by atoms with Crippen LogP contribution in [0.2, 0.25) is 0 Å². The van der Waals surface area contributed by atoms with Crippen LogP contribution in [0.1, 0.15) is 0 Å². The Labute approximate surface area is 139 Å². The first-order chi connectivity index (χ1) is 11.7. The Bertz CT molecular complexity index is 609. The lowest BCUT2D eigenvalue weighted by molar-refractivity contribution is 0.0958. The topological polar surface area (TPSA) is 91.3 Å². The van der Waals surface area contributed by atoms with Crippen molar-refractivity contribution in [3.05, 3.63) is 24.3 Å². The van der Waals surface area contributed by atoms with Gasteiger partial charge in [-0.3, -0.25) is 4.90 Å². The van der Waals surface area contributed by atoms with E-state index in [1.807, 2.05) is 0 Å². The molecule has 0 aliphatic carbocycles. The summed E-state index contributed by atoms with van der Waals surface area (Å²) in [6, 6.07) is 6.83. The number of carbonyl (C=O) groups is 2. The van der Waals surface area contributed by atoms with Gasteiger partial charge in [0.1, 0.15) is 6.61 Å². The molecule has 2 N–H and O–H groups in total. The van der Waals surface area contributed by atoms with E-state index in [-0.39, 0.29) is 18.6 Å². The summed E-state index contributed by atoms with van der Waals surface area (Å²) in [4.78, 5) is 27.5. The summed E-state index contributed by atoms with van der Waals surface area (Å²) in [5.41, 5.74) is 1.16. The summed E-state index contributed by atoms with van der Waals surface area (Å²) in [7, 11) is 0. The lowest BCUT2D eigenvalue weighted by Crippen LogP contribution is -2.40. The number of nitrogens with zero attached hydrogens (tertiary/aromatic N) is 2. The molecule has 24 heavy (non-hydrogen) atoms. The zero-order valence-corrected chi connectivity index (χ0v) is 13.3. The highest BCUT2D eigenvalue weighted by atomic mass is 16.6. The standard InChI is InChI=1S/C16H21N3O5/c20-10-12-9-18(5-7-23-11-12)15(21)17-13-3-1-2-4-14(13)19-6-8-24-16(19)22/h1-4,12,20H,5-11H2,(H,17,21). The number of benzene rings is 1. The number of hydrogen-bond donors (Lipinski definition) is 2. The highest BCUT2D eigenvalue weighted by molar-refractivity contribution is 5.99. The number of anilines is 2. The molecule has 0 aromatic heterocycles. The van der Waals surface area contributed by atoms with Crippen LogP contribution < -0.4 is 10.2 Å². The maximum atomic E-state index is 12.6. The molecule has 1 aromatic rings.